The van der Waals surface area contributed by atoms with Crippen LogP contribution in [0.4, 0.5) is 11.4 Å². The van der Waals surface area contributed by atoms with E-state index in [0.29, 0.717) is 36.9 Å². The van der Waals surface area contributed by atoms with Crippen molar-refractivity contribution in [2.75, 3.05) is 36.4 Å². The molecule has 3 rings (SSSR count). The number of piperazine rings is 1. The largest absolute Gasteiger partial charge is 0.368 e. The van der Waals surface area contributed by atoms with Crippen molar-refractivity contribution in [3.05, 3.63) is 53.6 Å². The number of carbonyl (C=O) groups excluding carboxylic acids is 1. The topological polar surface area (TPSA) is 69.7 Å². The van der Waals surface area contributed by atoms with E-state index in [9.17, 15) is 13.2 Å². The second-order valence-electron chi connectivity index (χ2n) is 6.05. The zero-order valence-corrected chi connectivity index (χ0v) is 15.9. The molecule has 0 saturated carbocycles. The van der Waals surface area contributed by atoms with Gasteiger partial charge in [0.1, 0.15) is 0 Å². The monoisotopic (exact) mass is 393 g/mol. The van der Waals surface area contributed by atoms with Crippen LogP contribution in [0.3, 0.4) is 0 Å². The predicted molar refractivity (Wildman–Crippen MR) is 103 cm³/mol. The molecule has 0 aromatic heterocycles. The lowest BCUT2D eigenvalue weighted by Crippen LogP contribution is -2.48. The van der Waals surface area contributed by atoms with Gasteiger partial charge in [0.25, 0.3) is 0 Å². The van der Waals surface area contributed by atoms with Crippen LogP contribution < -0.4 is 10.2 Å². The summed E-state index contributed by atoms with van der Waals surface area (Å²) in [5.41, 5.74) is 1.49. The van der Waals surface area contributed by atoms with Crippen LogP contribution in [0.15, 0.2) is 53.4 Å². The van der Waals surface area contributed by atoms with E-state index >= 15 is 0 Å². The summed E-state index contributed by atoms with van der Waals surface area (Å²) >= 11 is 6.23. The maximum atomic E-state index is 12.8. The molecule has 0 radical (unpaired) electrons. The number of nitrogens with one attached hydrogen (secondary N) is 1. The molecule has 6 nitrogen and oxygen atoms in total. The summed E-state index contributed by atoms with van der Waals surface area (Å²) in [4.78, 5) is 13.4. The van der Waals surface area contributed by atoms with Crippen LogP contribution in [0.5, 0.6) is 0 Å². The van der Waals surface area contributed by atoms with Gasteiger partial charge in [-0.15, -0.1) is 0 Å². The van der Waals surface area contributed by atoms with Gasteiger partial charge >= 0.3 is 0 Å². The van der Waals surface area contributed by atoms with Crippen molar-refractivity contribution in [3.8, 4) is 0 Å². The number of rotatable bonds is 4. The molecule has 0 unspecified atom stereocenters. The molecular weight excluding hydrogens is 374 g/mol. The molecule has 1 heterocycles. The minimum Gasteiger partial charge on any atom is -0.368 e. The van der Waals surface area contributed by atoms with Crippen molar-refractivity contribution in [3.63, 3.8) is 0 Å². The summed E-state index contributed by atoms with van der Waals surface area (Å²) in [6.45, 7) is 3.34. The van der Waals surface area contributed by atoms with Gasteiger partial charge in [0, 0.05) is 38.8 Å². The Morgan fingerprint density at radius 1 is 1.00 bits per heavy atom. The van der Waals surface area contributed by atoms with Crippen LogP contribution in [-0.2, 0) is 14.8 Å². The van der Waals surface area contributed by atoms with Crippen molar-refractivity contribution in [2.24, 2.45) is 0 Å². The van der Waals surface area contributed by atoms with Gasteiger partial charge in [0.2, 0.25) is 15.9 Å². The summed E-state index contributed by atoms with van der Waals surface area (Å²) in [5, 5.41) is 3.29. The van der Waals surface area contributed by atoms with Gasteiger partial charge < -0.3 is 10.2 Å². The molecule has 26 heavy (non-hydrogen) atoms. The molecule has 2 aromatic carbocycles. The molecule has 0 spiro atoms. The summed E-state index contributed by atoms with van der Waals surface area (Å²) in [7, 11) is -3.56. The lowest BCUT2D eigenvalue weighted by Gasteiger charge is -2.35. The molecule has 138 valence electrons. The smallest absolute Gasteiger partial charge is 0.243 e. The first-order valence-electron chi connectivity index (χ1n) is 8.25. The molecule has 1 aliphatic rings. The molecule has 1 fully saturated rings. The molecule has 1 aliphatic heterocycles. The molecule has 0 aliphatic carbocycles. The third-order valence-electron chi connectivity index (χ3n) is 4.24. The zero-order chi connectivity index (χ0) is 18.7. The minimum absolute atomic E-state index is 0.198. The Kier molecular flexibility index (Phi) is 5.50. The van der Waals surface area contributed by atoms with Gasteiger partial charge in [-0.05, 0) is 36.4 Å². The van der Waals surface area contributed by atoms with E-state index in [1.54, 1.807) is 12.1 Å². The minimum atomic E-state index is -3.56. The van der Waals surface area contributed by atoms with Crippen molar-refractivity contribution >= 4 is 38.9 Å². The fourth-order valence-corrected chi connectivity index (χ4v) is 4.62. The number of para-hydroxylation sites is 1. The maximum absolute atomic E-state index is 12.8. The van der Waals surface area contributed by atoms with Gasteiger partial charge in [-0.25, -0.2) is 8.42 Å². The number of nitrogens with zero attached hydrogens (tertiary/aromatic N) is 2. The van der Waals surface area contributed by atoms with Crippen LogP contribution >= 0.6 is 11.6 Å². The quantitative estimate of drug-likeness (QED) is 0.867. The number of hydrogen-bond donors (Lipinski definition) is 1. The Morgan fingerprint density at radius 3 is 2.19 bits per heavy atom. The SMILES string of the molecule is CC(=O)Nc1ccc(S(=O)(=O)N2CCN(c3ccccc3Cl)CC2)cc1. The van der Waals surface area contributed by atoms with E-state index < -0.39 is 10.0 Å². The first kappa shape index (κ1) is 18.7. The fourth-order valence-electron chi connectivity index (χ4n) is 2.94. The van der Waals surface area contributed by atoms with Gasteiger partial charge in [-0.3, -0.25) is 4.79 Å². The van der Waals surface area contributed by atoms with Crippen LogP contribution in [0.1, 0.15) is 6.92 Å². The molecule has 8 heteroatoms. The van der Waals surface area contributed by atoms with Gasteiger partial charge in [-0.2, -0.15) is 4.31 Å². The molecular formula is C18H20ClN3O3S. The number of hydrogen-bond acceptors (Lipinski definition) is 4. The highest BCUT2D eigenvalue weighted by Gasteiger charge is 2.29. The summed E-state index contributed by atoms with van der Waals surface area (Å²) in [6, 6.07) is 13.8. The second-order valence-corrected chi connectivity index (χ2v) is 8.39. The van der Waals surface area contributed by atoms with Gasteiger partial charge in [0.15, 0.2) is 0 Å². The second kappa shape index (κ2) is 7.65. The van der Waals surface area contributed by atoms with E-state index in [1.165, 1.54) is 23.4 Å². The van der Waals surface area contributed by atoms with Crippen molar-refractivity contribution < 1.29 is 13.2 Å². The van der Waals surface area contributed by atoms with E-state index in [0.717, 1.165) is 5.69 Å². The van der Waals surface area contributed by atoms with Crippen molar-refractivity contribution in [1.82, 2.24) is 4.31 Å². The highest BCUT2D eigenvalue weighted by atomic mass is 35.5. The molecule has 1 N–H and O–H groups in total. The van der Waals surface area contributed by atoms with Gasteiger partial charge in [0.05, 0.1) is 15.6 Å². The Labute approximate surface area is 158 Å². The van der Waals surface area contributed by atoms with E-state index in [1.807, 2.05) is 24.3 Å². The number of sulfonamides is 1. The van der Waals surface area contributed by atoms with E-state index in [4.69, 9.17) is 11.6 Å². The van der Waals surface area contributed by atoms with Crippen LogP contribution in [0.25, 0.3) is 0 Å². The van der Waals surface area contributed by atoms with Crippen LogP contribution in [0, 0.1) is 0 Å². The number of anilines is 2. The third-order valence-corrected chi connectivity index (χ3v) is 6.48. The van der Waals surface area contributed by atoms with Crippen molar-refractivity contribution in [1.29, 1.82) is 0 Å². The summed E-state index contributed by atoms with van der Waals surface area (Å²) in [6.07, 6.45) is 0. The Bertz CT molecular complexity index is 892. The highest BCUT2D eigenvalue weighted by Crippen LogP contribution is 2.27. The molecule has 1 saturated heterocycles. The highest BCUT2D eigenvalue weighted by molar-refractivity contribution is 7.89. The normalized spacial score (nSPS) is 15.7. The van der Waals surface area contributed by atoms with Gasteiger partial charge in [-0.1, -0.05) is 23.7 Å². The predicted octanol–water partition coefficient (Wildman–Crippen LogP) is 2.81. The number of halogens is 1. The number of benzene rings is 2. The standard InChI is InChI=1S/C18H20ClN3O3S/c1-14(23)20-15-6-8-16(9-7-15)26(24,25)22-12-10-21(11-13-22)18-5-3-2-4-17(18)19/h2-9H,10-13H2,1H3,(H,20,23). The third kappa shape index (κ3) is 4.00. The first-order chi connectivity index (χ1) is 12.4. The molecule has 0 atom stereocenters. The van der Waals surface area contributed by atoms with Crippen LogP contribution in [-0.4, -0.2) is 44.8 Å². The van der Waals surface area contributed by atoms with E-state index in [2.05, 4.69) is 10.2 Å². The Morgan fingerprint density at radius 2 is 1.62 bits per heavy atom. The lowest BCUT2D eigenvalue weighted by molar-refractivity contribution is -0.114. The Hall–Kier alpha value is -2.09. The average Bonchev–Trinajstić information content (AvgIpc) is 2.62. The average molecular weight is 394 g/mol. The zero-order valence-electron chi connectivity index (χ0n) is 14.4. The number of carbonyl (C=O) groups is 1. The summed E-state index contributed by atoms with van der Waals surface area (Å²) < 4.78 is 27.1. The molecule has 1 amide bonds. The summed E-state index contributed by atoms with van der Waals surface area (Å²) in [5.74, 6) is -0.198. The fraction of sp³-hybridized carbons (Fsp3) is 0.278. The number of amides is 1. The maximum Gasteiger partial charge on any atom is 0.243 e. The lowest BCUT2D eigenvalue weighted by atomic mass is 10.2. The first-order valence-corrected chi connectivity index (χ1v) is 10.1. The van der Waals surface area contributed by atoms with Crippen molar-refractivity contribution in [2.45, 2.75) is 11.8 Å². The Balaban J connectivity index is 1.70. The molecule has 2 aromatic rings. The molecule has 0 bridgehead atoms. The van der Waals surface area contributed by atoms with Crippen LogP contribution in [0.2, 0.25) is 5.02 Å². The van der Waals surface area contributed by atoms with E-state index in [-0.39, 0.29) is 10.8 Å².